The summed E-state index contributed by atoms with van der Waals surface area (Å²) in [4.78, 5) is 29.0. The quantitative estimate of drug-likeness (QED) is 0.811. The van der Waals surface area contributed by atoms with E-state index in [1.807, 2.05) is 36.1 Å². The molecule has 4 rings (SSSR count). The van der Waals surface area contributed by atoms with E-state index in [0.717, 1.165) is 42.7 Å². The number of hydrogen-bond donors (Lipinski definition) is 1. The molecule has 1 fully saturated rings. The Morgan fingerprint density at radius 2 is 2.03 bits per heavy atom. The largest absolute Gasteiger partial charge is 0.383 e. The average molecular weight is 415 g/mol. The summed E-state index contributed by atoms with van der Waals surface area (Å²) in [6.07, 6.45) is 4.74. The van der Waals surface area contributed by atoms with Gasteiger partial charge in [0.25, 0.3) is 5.91 Å². The van der Waals surface area contributed by atoms with Crippen LogP contribution in [-0.2, 0) is 9.53 Å². The van der Waals surface area contributed by atoms with Crippen molar-refractivity contribution >= 4 is 28.3 Å². The summed E-state index contributed by atoms with van der Waals surface area (Å²) in [5.74, 6) is -0.571. The molecular weight excluding hydrogens is 388 g/mol. The third-order valence-corrected chi connectivity index (χ3v) is 6.83. The van der Waals surface area contributed by atoms with Gasteiger partial charge in [0.1, 0.15) is 5.01 Å². The van der Waals surface area contributed by atoms with Crippen molar-refractivity contribution in [1.82, 2.24) is 15.1 Å². The van der Waals surface area contributed by atoms with Gasteiger partial charge in [0.2, 0.25) is 11.0 Å². The van der Waals surface area contributed by atoms with E-state index in [4.69, 9.17) is 4.74 Å². The Hall–Kier alpha value is -2.32. The lowest BCUT2D eigenvalue weighted by Gasteiger charge is -2.53. The Bertz CT molecular complexity index is 907. The summed E-state index contributed by atoms with van der Waals surface area (Å²) in [6.45, 7) is 2.78. The molecule has 154 valence electrons. The van der Waals surface area contributed by atoms with Crippen LogP contribution in [0.1, 0.15) is 59.0 Å². The van der Waals surface area contributed by atoms with E-state index in [1.54, 1.807) is 7.11 Å². The number of amides is 2. The molecule has 1 aromatic carbocycles. The Kier molecular flexibility index (Phi) is 5.65. The molecule has 0 bridgehead atoms. The van der Waals surface area contributed by atoms with Crippen LogP contribution in [0.15, 0.2) is 24.3 Å². The number of methoxy groups -OCH3 is 1. The molecule has 1 saturated carbocycles. The van der Waals surface area contributed by atoms with Crippen LogP contribution in [-0.4, -0.2) is 52.7 Å². The van der Waals surface area contributed by atoms with Crippen molar-refractivity contribution in [1.29, 1.82) is 0 Å². The fraction of sp³-hybridized carbons (Fsp3) is 0.524. The minimum absolute atomic E-state index is 0.00430. The molecule has 1 aliphatic carbocycles. The fourth-order valence-electron chi connectivity index (χ4n) is 4.88. The van der Waals surface area contributed by atoms with Crippen LogP contribution >= 0.6 is 11.3 Å². The second kappa shape index (κ2) is 8.20. The molecule has 2 aliphatic rings. The van der Waals surface area contributed by atoms with Crippen LogP contribution < -0.4 is 5.32 Å². The van der Waals surface area contributed by atoms with Crippen LogP contribution in [0, 0.1) is 6.92 Å². The average Bonchev–Trinajstić information content (AvgIpc) is 3.13. The second-order valence-corrected chi connectivity index (χ2v) is 8.93. The molecule has 7 nitrogen and oxygen atoms in total. The Balaban J connectivity index is 1.80. The highest BCUT2D eigenvalue weighted by Crippen LogP contribution is 2.49. The third kappa shape index (κ3) is 3.55. The first-order valence-electron chi connectivity index (χ1n) is 10.1. The molecule has 29 heavy (non-hydrogen) atoms. The van der Waals surface area contributed by atoms with Gasteiger partial charge >= 0.3 is 0 Å². The van der Waals surface area contributed by atoms with Crippen molar-refractivity contribution in [2.75, 3.05) is 25.6 Å². The first-order chi connectivity index (χ1) is 14.1. The number of nitrogens with zero attached hydrogens (tertiary/aromatic N) is 3. The van der Waals surface area contributed by atoms with Crippen molar-refractivity contribution in [3.63, 3.8) is 0 Å². The summed E-state index contributed by atoms with van der Waals surface area (Å²) in [7, 11) is 1.64. The van der Waals surface area contributed by atoms with Crippen LogP contribution in [0.25, 0.3) is 0 Å². The van der Waals surface area contributed by atoms with Crippen LogP contribution in [0.5, 0.6) is 0 Å². The van der Waals surface area contributed by atoms with E-state index in [9.17, 15) is 9.59 Å². The number of aromatic nitrogens is 2. The minimum atomic E-state index is -0.536. The van der Waals surface area contributed by atoms with Crippen molar-refractivity contribution in [2.24, 2.45) is 0 Å². The van der Waals surface area contributed by atoms with Crippen LogP contribution in [0.4, 0.5) is 5.13 Å². The van der Waals surface area contributed by atoms with E-state index < -0.39 is 11.5 Å². The normalized spacial score (nSPS) is 20.6. The highest BCUT2D eigenvalue weighted by molar-refractivity contribution is 7.15. The monoisotopic (exact) mass is 414 g/mol. The lowest BCUT2D eigenvalue weighted by Crippen LogP contribution is -2.62. The minimum Gasteiger partial charge on any atom is -0.383 e. The summed E-state index contributed by atoms with van der Waals surface area (Å²) < 4.78 is 5.30. The fourth-order valence-corrected chi connectivity index (χ4v) is 5.47. The second-order valence-electron chi connectivity index (χ2n) is 7.75. The number of carbonyl (C=O) groups is 2. The standard InChI is InChI=1S/C21H26N4O3S/c1-14-23-24-20(29-14)22-18(26)17-15-8-4-5-9-16(15)19(27)25(12-13-28-2)21(17)10-6-3-7-11-21/h4-5,8-9,17H,3,6-7,10-13H2,1-2H3,(H,22,24,26). The Morgan fingerprint density at radius 1 is 1.28 bits per heavy atom. The highest BCUT2D eigenvalue weighted by Gasteiger charge is 2.54. The lowest BCUT2D eigenvalue weighted by molar-refractivity contribution is -0.122. The number of anilines is 1. The number of ether oxygens (including phenoxy) is 1. The zero-order valence-corrected chi connectivity index (χ0v) is 17.6. The first kappa shape index (κ1) is 20.0. The van der Waals surface area contributed by atoms with Crippen molar-refractivity contribution in [3.05, 3.63) is 40.4 Å². The van der Waals surface area contributed by atoms with E-state index in [1.165, 1.54) is 11.3 Å². The summed E-state index contributed by atoms with van der Waals surface area (Å²) >= 11 is 1.36. The summed E-state index contributed by atoms with van der Waals surface area (Å²) in [5, 5.41) is 12.3. The van der Waals surface area contributed by atoms with Gasteiger partial charge in [-0.15, -0.1) is 10.2 Å². The molecule has 8 heteroatoms. The van der Waals surface area contributed by atoms with Gasteiger partial charge in [0, 0.05) is 19.2 Å². The number of fused-ring (bicyclic) bond motifs is 1. The van der Waals surface area contributed by atoms with Crippen molar-refractivity contribution < 1.29 is 14.3 Å². The number of carbonyl (C=O) groups excluding carboxylic acids is 2. The molecule has 0 radical (unpaired) electrons. The van der Waals surface area contributed by atoms with Crippen LogP contribution in [0.3, 0.4) is 0 Å². The molecule has 2 heterocycles. The van der Waals surface area contributed by atoms with Crippen LogP contribution in [0.2, 0.25) is 0 Å². The third-order valence-electron chi connectivity index (χ3n) is 6.08. The number of hydrogen-bond acceptors (Lipinski definition) is 6. The smallest absolute Gasteiger partial charge is 0.254 e. The maximum absolute atomic E-state index is 13.6. The maximum atomic E-state index is 13.6. The van der Waals surface area contributed by atoms with Gasteiger partial charge in [-0.25, -0.2) is 0 Å². The predicted octanol–water partition coefficient (Wildman–Crippen LogP) is 3.37. The maximum Gasteiger partial charge on any atom is 0.254 e. The van der Waals surface area contributed by atoms with E-state index in [-0.39, 0.29) is 11.8 Å². The molecule has 1 aliphatic heterocycles. The molecule has 1 unspecified atom stereocenters. The Morgan fingerprint density at radius 3 is 2.72 bits per heavy atom. The topological polar surface area (TPSA) is 84.4 Å². The highest BCUT2D eigenvalue weighted by atomic mass is 32.1. The van der Waals surface area contributed by atoms with Gasteiger partial charge in [0.05, 0.1) is 18.1 Å². The van der Waals surface area contributed by atoms with Gasteiger partial charge in [-0.1, -0.05) is 48.8 Å². The zero-order valence-electron chi connectivity index (χ0n) is 16.8. The molecule has 1 atom stereocenters. The van der Waals surface area contributed by atoms with E-state index in [0.29, 0.717) is 23.8 Å². The van der Waals surface area contributed by atoms with Crippen molar-refractivity contribution in [3.8, 4) is 0 Å². The first-order valence-corrected chi connectivity index (χ1v) is 10.9. The number of aryl methyl sites for hydroxylation is 1. The molecule has 1 N–H and O–H groups in total. The molecule has 2 amide bonds. The summed E-state index contributed by atoms with van der Waals surface area (Å²) in [5.41, 5.74) is 0.881. The zero-order chi connectivity index (χ0) is 20.4. The molecule has 1 aromatic heterocycles. The predicted molar refractivity (Wildman–Crippen MR) is 111 cm³/mol. The van der Waals surface area contributed by atoms with E-state index in [2.05, 4.69) is 15.5 Å². The number of benzene rings is 1. The van der Waals surface area contributed by atoms with Gasteiger partial charge in [0.15, 0.2) is 0 Å². The molecule has 1 spiro atoms. The van der Waals surface area contributed by atoms with Gasteiger partial charge < -0.3 is 9.64 Å². The lowest BCUT2D eigenvalue weighted by atomic mass is 9.65. The van der Waals surface area contributed by atoms with Gasteiger partial charge in [-0.05, 0) is 31.4 Å². The SMILES string of the molecule is COCCN1C(=O)c2ccccc2C(C(=O)Nc2nnc(C)s2)C12CCCCC2. The Labute approximate surface area is 174 Å². The number of rotatable bonds is 5. The van der Waals surface area contributed by atoms with Gasteiger partial charge in [-0.3, -0.25) is 14.9 Å². The molecule has 0 saturated heterocycles. The van der Waals surface area contributed by atoms with E-state index >= 15 is 0 Å². The van der Waals surface area contributed by atoms with Crippen molar-refractivity contribution in [2.45, 2.75) is 50.5 Å². The molecule has 2 aromatic rings. The number of nitrogens with one attached hydrogen (secondary N) is 1. The van der Waals surface area contributed by atoms with Gasteiger partial charge in [-0.2, -0.15) is 0 Å². The summed E-state index contributed by atoms with van der Waals surface area (Å²) in [6, 6.07) is 7.51. The molecular formula is C21H26N4O3S.